The Hall–Kier alpha value is -2.62. The number of halogens is 1. The van der Waals surface area contributed by atoms with Gasteiger partial charge in [-0.25, -0.2) is 0 Å². The van der Waals surface area contributed by atoms with Crippen LogP contribution in [0.15, 0.2) is 78.9 Å². The molecule has 3 aromatic carbocycles. The molecule has 0 bridgehead atoms. The maximum Gasteiger partial charge on any atom is 0.170 e. The summed E-state index contributed by atoms with van der Waals surface area (Å²) in [7, 11) is 0. The van der Waals surface area contributed by atoms with E-state index in [9.17, 15) is 4.79 Å². The van der Waals surface area contributed by atoms with Crippen molar-refractivity contribution in [2.75, 3.05) is 26.2 Å². The minimum atomic E-state index is -0.280. The van der Waals surface area contributed by atoms with Gasteiger partial charge in [0.15, 0.2) is 5.78 Å². The van der Waals surface area contributed by atoms with Crippen molar-refractivity contribution in [2.24, 2.45) is 0 Å². The molecule has 0 amide bonds. The Kier molecular flexibility index (Phi) is 8.20. The van der Waals surface area contributed by atoms with Gasteiger partial charge in [-0.05, 0) is 73.7 Å². The molecule has 0 aliphatic carbocycles. The van der Waals surface area contributed by atoms with E-state index in [4.69, 9.17) is 16.3 Å². The van der Waals surface area contributed by atoms with Crippen LogP contribution in [0.1, 0.15) is 59.5 Å². The first-order valence-corrected chi connectivity index (χ1v) is 12.3. The Labute approximate surface area is 202 Å². The SMILES string of the molecule is CCC(c1ccc(Cl)cc1)C(C(=O)c1ccccc1)c1ccc(OCCN2CCCC2)cc1. The van der Waals surface area contributed by atoms with Gasteiger partial charge >= 0.3 is 0 Å². The van der Waals surface area contributed by atoms with Crippen molar-refractivity contribution in [1.29, 1.82) is 0 Å². The summed E-state index contributed by atoms with van der Waals surface area (Å²) in [4.78, 5) is 16.2. The minimum absolute atomic E-state index is 0.0527. The summed E-state index contributed by atoms with van der Waals surface area (Å²) < 4.78 is 5.99. The van der Waals surface area contributed by atoms with Crippen LogP contribution in [-0.2, 0) is 0 Å². The molecule has 0 spiro atoms. The predicted molar refractivity (Wildman–Crippen MR) is 136 cm³/mol. The van der Waals surface area contributed by atoms with Crippen molar-refractivity contribution in [3.63, 3.8) is 0 Å². The van der Waals surface area contributed by atoms with Crippen molar-refractivity contribution in [3.05, 3.63) is 101 Å². The second-order valence-corrected chi connectivity index (χ2v) is 9.18. The second kappa shape index (κ2) is 11.5. The normalized spacial score (nSPS) is 15.8. The number of ketones is 1. The van der Waals surface area contributed by atoms with Crippen LogP contribution in [0.5, 0.6) is 5.75 Å². The van der Waals surface area contributed by atoms with Gasteiger partial charge in [-0.15, -0.1) is 0 Å². The lowest BCUT2D eigenvalue weighted by atomic mass is 9.76. The maximum absolute atomic E-state index is 13.7. The number of hydrogen-bond donors (Lipinski definition) is 0. The number of likely N-dealkylation sites (tertiary alicyclic amines) is 1. The fraction of sp³-hybridized carbons (Fsp3) is 0.345. The Balaban J connectivity index is 1.57. The Morgan fingerprint density at radius 1 is 0.909 bits per heavy atom. The van der Waals surface area contributed by atoms with Crippen LogP contribution in [0.2, 0.25) is 5.02 Å². The maximum atomic E-state index is 13.7. The zero-order chi connectivity index (χ0) is 23.0. The van der Waals surface area contributed by atoms with E-state index >= 15 is 0 Å². The van der Waals surface area contributed by atoms with Crippen LogP contribution in [0.25, 0.3) is 0 Å². The second-order valence-electron chi connectivity index (χ2n) is 8.74. The largest absolute Gasteiger partial charge is 0.492 e. The number of carbonyl (C=O) groups is 1. The summed E-state index contributed by atoms with van der Waals surface area (Å²) in [5.41, 5.74) is 2.88. The van der Waals surface area contributed by atoms with E-state index in [1.165, 1.54) is 25.9 Å². The Morgan fingerprint density at radius 3 is 2.18 bits per heavy atom. The van der Waals surface area contributed by atoms with Crippen LogP contribution >= 0.6 is 11.6 Å². The lowest BCUT2D eigenvalue weighted by molar-refractivity contribution is 0.0945. The molecule has 0 radical (unpaired) electrons. The standard InChI is InChI=1S/C29H32ClNO2/c1-2-27(22-10-14-25(30)15-11-22)28(29(32)24-8-4-3-5-9-24)23-12-16-26(17-13-23)33-21-20-31-18-6-7-19-31/h3-5,8-17,27-28H,2,6-7,18-21H2,1H3. The number of carbonyl (C=O) groups excluding carboxylic acids is 1. The zero-order valence-electron chi connectivity index (χ0n) is 19.3. The van der Waals surface area contributed by atoms with Crippen LogP contribution < -0.4 is 4.74 Å². The Bertz CT molecular complexity index is 1010. The fourth-order valence-electron chi connectivity index (χ4n) is 4.79. The van der Waals surface area contributed by atoms with E-state index in [2.05, 4.69) is 24.0 Å². The average Bonchev–Trinajstić information content (AvgIpc) is 3.38. The molecule has 0 saturated carbocycles. The summed E-state index contributed by atoms with van der Waals surface area (Å²) in [5.74, 6) is 0.762. The first kappa shape index (κ1) is 23.5. The van der Waals surface area contributed by atoms with Gasteiger partial charge in [0.2, 0.25) is 0 Å². The number of Topliss-reactive ketones (excluding diaryl/α,β-unsaturated/α-hetero) is 1. The molecular weight excluding hydrogens is 430 g/mol. The molecule has 0 aromatic heterocycles. The first-order valence-electron chi connectivity index (χ1n) is 12.0. The molecule has 3 aromatic rings. The summed E-state index contributed by atoms with van der Waals surface area (Å²) in [6, 6.07) is 25.6. The molecule has 4 rings (SSSR count). The van der Waals surface area contributed by atoms with Gasteiger partial charge in [-0.1, -0.05) is 73.1 Å². The lowest BCUT2D eigenvalue weighted by Gasteiger charge is -2.27. The van der Waals surface area contributed by atoms with Crippen LogP contribution in [0, 0.1) is 0 Å². The van der Waals surface area contributed by atoms with E-state index in [0.29, 0.717) is 11.6 Å². The van der Waals surface area contributed by atoms with Crippen LogP contribution in [0.4, 0.5) is 0 Å². The number of nitrogens with zero attached hydrogens (tertiary/aromatic N) is 1. The van der Waals surface area contributed by atoms with Gasteiger partial charge in [-0.3, -0.25) is 9.69 Å². The smallest absolute Gasteiger partial charge is 0.170 e. The first-order chi connectivity index (χ1) is 16.2. The Morgan fingerprint density at radius 2 is 1.55 bits per heavy atom. The van der Waals surface area contributed by atoms with Gasteiger partial charge in [0.1, 0.15) is 12.4 Å². The van der Waals surface area contributed by atoms with Gasteiger partial charge < -0.3 is 4.74 Å². The highest BCUT2D eigenvalue weighted by Crippen LogP contribution is 2.39. The molecule has 1 fully saturated rings. The summed E-state index contributed by atoms with van der Waals surface area (Å²) in [6.07, 6.45) is 3.43. The minimum Gasteiger partial charge on any atom is -0.492 e. The molecule has 0 N–H and O–H groups in total. The quantitative estimate of drug-likeness (QED) is 0.305. The van der Waals surface area contributed by atoms with Gasteiger partial charge in [0.25, 0.3) is 0 Å². The average molecular weight is 462 g/mol. The monoisotopic (exact) mass is 461 g/mol. The van der Waals surface area contributed by atoms with Crippen molar-refractivity contribution in [1.82, 2.24) is 4.90 Å². The third-order valence-electron chi connectivity index (χ3n) is 6.60. The highest BCUT2D eigenvalue weighted by atomic mass is 35.5. The zero-order valence-corrected chi connectivity index (χ0v) is 20.0. The molecule has 1 aliphatic heterocycles. The highest BCUT2D eigenvalue weighted by molar-refractivity contribution is 6.30. The molecule has 4 heteroatoms. The molecule has 2 unspecified atom stereocenters. The van der Waals surface area contributed by atoms with E-state index in [0.717, 1.165) is 35.4 Å². The van der Waals surface area contributed by atoms with Crippen molar-refractivity contribution >= 4 is 17.4 Å². The highest BCUT2D eigenvalue weighted by Gasteiger charge is 2.30. The fourth-order valence-corrected chi connectivity index (χ4v) is 4.92. The number of benzene rings is 3. The molecular formula is C29H32ClNO2. The van der Waals surface area contributed by atoms with Gasteiger partial charge in [0.05, 0.1) is 5.92 Å². The molecule has 3 nitrogen and oxygen atoms in total. The van der Waals surface area contributed by atoms with Crippen LogP contribution in [-0.4, -0.2) is 36.9 Å². The number of ether oxygens (including phenoxy) is 1. The van der Waals surface area contributed by atoms with Crippen LogP contribution in [0.3, 0.4) is 0 Å². The summed E-state index contributed by atoms with van der Waals surface area (Å²) >= 11 is 6.13. The molecule has 2 atom stereocenters. The van der Waals surface area contributed by atoms with E-state index in [-0.39, 0.29) is 17.6 Å². The van der Waals surface area contributed by atoms with Crippen molar-refractivity contribution in [2.45, 2.75) is 38.0 Å². The number of hydrogen-bond acceptors (Lipinski definition) is 3. The van der Waals surface area contributed by atoms with Gasteiger partial charge in [-0.2, -0.15) is 0 Å². The summed E-state index contributed by atoms with van der Waals surface area (Å²) in [6.45, 7) is 6.14. The molecule has 1 saturated heterocycles. The predicted octanol–water partition coefficient (Wildman–Crippen LogP) is 6.97. The van der Waals surface area contributed by atoms with E-state index in [1.54, 1.807) is 0 Å². The third kappa shape index (κ3) is 6.04. The van der Waals surface area contributed by atoms with Crippen molar-refractivity contribution < 1.29 is 9.53 Å². The van der Waals surface area contributed by atoms with E-state index < -0.39 is 0 Å². The topological polar surface area (TPSA) is 29.5 Å². The molecule has 172 valence electrons. The summed E-state index contributed by atoms with van der Waals surface area (Å²) in [5, 5.41) is 0.704. The third-order valence-corrected chi connectivity index (χ3v) is 6.85. The molecule has 1 aliphatic rings. The molecule has 1 heterocycles. The number of rotatable bonds is 10. The molecule has 33 heavy (non-hydrogen) atoms. The van der Waals surface area contributed by atoms with Crippen molar-refractivity contribution in [3.8, 4) is 5.75 Å². The van der Waals surface area contributed by atoms with E-state index in [1.807, 2.05) is 66.7 Å². The van der Waals surface area contributed by atoms with Gasteiger partial charge in [0, 0.05) is 17.1 Å². The lowest BCUT2D eigenvalue weighted by Crippen LogP contribution is -2.25.